The summed E-state index contributed by atoms with van der Waals surface area (Å²) in [5, 5.41) is 0. The Morgan fingerprint density at radius 3 is 2.62 bits per heavy atom. The third-order valence-electron chi connectivity index (χ3n) is 2.87. The minimum atomic E-state index is -1.82. The number of hydrogen-bond acceptors (Lipinski definition) is 4. The smallest absolute Gasteiger partial charge is 0.305 e. The molecule has 2 atom stereocenters. The predicted molar refractivity (Wildman–Crippen MR) is 85.8 cm³/mol. The first-order chi connectivity index (χ1) is 10.1. The molecule has 0 spiro atoms. The monoisotopic (exact) mass is 334 g/mol. The van der Waals surface area contributed by atoms with Crippen LogP contribution in [0.25, 0.3) is 0 Å². The summed E-state index contributed by atoms with van der Waals surface area (Å²) >= 11 is 3.69. The first-order valence-electron chi connectivity index (χ1n) is 7.08. The lowest BCUT2D eigenvalue weighted by Gasteiger charge is -2.28. The Balaban J connectivity index is 2.57. The Kier molecular flexibility index (Phi) is 8.92. The maximum atomic E-state index is 11.7. The molecule has 1 aromatic carbocycles. The SMILES string of the molecule is CCCCC(C)(COc1ccccc1)OS(=O)OCCCl. The van der Waals surface area contributed by atoms with Gasteiger partial charge in [0.25, 0.3) is 0 Å². The van der Waals surface area contributed by atoms with Gasteiger partial charge in [-0.25, -0.2) is 0 Å². The van der Waals surface area contributed by atoms with E-state index in [0.29, 0.717) is 6.61 Å². The van der Waals surface area contributed by atoms with E-state index in [0.717, 1.165) is 25.0 Å². The van der Waals surface area contributed by atoms with E-state index in [1.165, 1.54) is 0 Å². The van der Waals surface area contributed by atoms with E-state index in [2.05, 4.69) is 6.92 Å². The lowest BCUT2D eigenvalue weighted by molar-refractivity contribution is 0.0266. The van der Waals surface area contributed by atoms with Crippen LogP contribution in [0.15, 0.2) is 30.3 Å². The first kappa shape index (κ1) is 18.4. The van der Waals surface area contributed by atoms with Crippen molar-refractivity contribution in [1.82, 2.24) is 0 Å². The van der Waals surface area contributed by atoms with E-state index in [-0.39, 0.29) is 12.5 Å². The van der Waals surface area contributed by atoms with Gasteiger partial charge in [-0.2, -0.15) is 4.21 Å². The van der Waals surface area contributed by atoms with Crippen LogP contribution in [0, 0.1) is 0 Å². The highest BCUT2D eigenvalue weighted by molar-refractivity contribution is 7.75. The summed E-state index contributed by atoms with van der Waals surface area (Å²) in [5.41, 5.74) is -0.664. The number of hydrogen-bond donors (Lipinski definition) is 0. The van der Waals surface area contributed by atoms with Gasteiger partial charge in [-0.3, -0.25) is 8.37 Å². The summed E-state index contributed by atoms with van der Waals surface area (Å²) in [6, 6.07) is 9.49. The number of ether oxygens (including phenoxy) is 1. The Morgan fingerprint density at radius 1 is 1.29 bits per heavy atom. The van der Waals surface area contributed by atoms with Crippen molar-refractivity contribution in [2.24, 2.45) is 0 Å². The van der Waals surface area contributed by atoms with Crippen molar-refractivity contribution in [3.05, 3.63) is 30.3 Å². The maximum Gasteiger partial charge on any atom is 0.305 e. The van der Waals surface area contributed by atoms with Crippen molar-refractivity contribution in [1.29, 1.82) is 0 Å². The van der Waals surface area contributed by atoms with Gasteiger partial charge in [0, 0.05) is 5.88 Å². The molecule has 0 N–H and O–H groups in total. The van der Waals surface area contributed by atoms with Crippen LogP contribution in [0.2, 0.25) is 0 Å². The molecule has 1 aromatic rings. The van der Waals surface area contributed by atoms with Crippen LogP contribution in [0.5, 0.6) is 5.75 Å². The van der Waals surface area contributed by atoms with Crippen molar-refractivity contribution < 1.29 is 17.3 Å². The summed E-state index contributed by atoms with van der Waals surface area (Å²) in [6.45, 7) is 4.48. The maximum absolute atomic E-state index is 11.7. The first-order valence-corrected chi connectivity index (χ1v) is 8.61. The second-order valence-electron chi connectivity index (χ2n) is 4.95. The van der Waals surface area contributed by atoms with Crippen molar-refractivity contribution in [3.63, 3.8) is 0 Å². The summed E-state index contributed by atoms with van der Waals surface area (Å²) in [4.78, 5) is 0. The summed E-state index contributed by atoms with van der Waals surface area (Å²) in [5.74, 6) is 1.04. The number of unbranched alkanes of at least 4 members (excludes halogenated alkanes) is 1. The second kappa shape index (κ2) is 10.2. The molecule has 120 valence electrons. The molecule has 21 heavy (non-hydrogen) atoms. The van der Waals surface area contributed by atoms with Crippen molar-refractivity contribution in [2.45, 2.75) is 38.7 Å². The molecule has 0 heterocycles. The Bertz CT molecular complexity index is 415. The molecule has 1 rings (SSSR count). The fraction of sp³-hybridized carbons (Fsp3) is 0.600. The normalized spacial score (nSPS) is 15.4. The van der Waals surface area contributed by atoms with Crippen LogP contribution < -0.4 is 4.74 Å². The number of rotatable bonds is 11. The minimum Gasteiger partial charge on any atom is -0.491 e. The van der Waals surface area contributed by atoms with E-state index < -0.39 is 17.0 Å². The van der Waals surface area contributed by atoms with E-state index in [1.807, 2.05) is 37.3 Å². The van der Waals surface area contributed by atoms with Crippen LogP contribution in [0.3, 0.4) is 0 Å². The molecule has 0 amide bonds. The van der Waals surface area contributed by atoms with Crippen LogP contribution >= 0.6 is 11.6 Å². The zero-order valence-corrected chi connectivity index (χ0v) is 14.1. The van der Waals surface area contributed by atoms with Crippen LogP contribution in [-0.2, 0) is 19.7 Å². The lowest BCUT2D eigenvalue weighted by Crippen LogP contribution is -2.37. The lowest BCUT2D eigenvalue weighted by atomic mass is 10.0. The van der Waals surface area contributed by atoms with E-state index in [9.17, 15) is 4.21 Å². The molecule has 0 fully saturated rings. The molecule has 2 unspecified atom stereocenters. The van der Waals surface area contributed by atoms with Gasteiger partial charge in [0.15, 0.2) is 0 Å². The van der Waals surface area contributed by atoms with Gasteiger partial charge in [-0.1, -0.05) is 38.0 Å². The molecule has 0 saturated carbocycles. The number of halogens is 1. The highest BCUT2D eigenvalue weighted by atomic mass is 35.5. The number of alkyl halides is 1. The van der Waals surface area contributed by atoms with Gasteiger partial charge in [0.1, 0.15) is 18.0 Å². The molecular weight excluding hydrogens is 312 g/mol. The quantitative estimate of drug-likeness (QED) is 0.576. The molecule has 0 aliphatic rings. The van der Waals surface area contributed by atoms with Gasteiger partial charge in [-0.05, 0) is 25.5 Å². The van der Waals surface area contributed by atoms with Gasteiger partial charge in [-0.15, -0.1) is 11.6 Å². The fourth-order valence-electron chi connectivity index (χ4n) is 1.73. The Labute approximate surface area is 134 Å². The Morgan fingerprint density at radius 2 is 2.00 bits per heavy atom. The highest BCUT2D eigenvalue weighted by Gasteiger charge is 2.29. The minimum absolute atomic E-state index is 0.192. The molecule has 0 aromatic heterocycles. The molecule has 0 bridgehead atoms. The second-order valence-corrected chi connectivity index (χ2v) is 6.14. The largest absolute Gasteiger partial charge is 0.491 e. The standard InChI is InChI=1S/C15H23ClO4S/c1-3-4-10-15(2,20-21(17)19-12-11-16)13-18-14-8-6-5-7-9-14/h5-9H,3-4,10-13H2,1-2H3. The van der Waals surface area contributed by atoms with E-state index in [1.54, 1.807) is 0 Å². The van der Waals surface area contributed by atoms with Crippen LogP contribution in [0.4, 0.5) is 0 Å². The van der Waals surface area contributed by atoms with E-state index >= 15 is 0 Å². The summed E-state index contributed by atoms with van der Waals surface area (Å²) in [6.07, 6.45) is 2.73. The van der Waals surface area contributed by atoms with Gasteiger partial charge in [0.2, 0.25) is 0 Å². The molecule has 6 heteroatoms. The third kappa shape index (κ3) is 7.81. The summed E-state index contributed by atoms with van der Waals surface area (Å²) in [7, 11) is 0. The van der Waals surface area contributed by atoms with Gasteiger partial charge in [0.05, 0.1) is 6.61 Å². The topological polar surface area (TPSA) is 44.8 Å². The van der Waals surface area contributed by atoms with Crippen molar-refractivity contribution >= 4 is 23.0 Å². The summed E-state index contributed by atoms with van der Waals surface area (Å²) < 4.78 is 28.0. The third-order valence-corrected chi connectivity index (χ3v) is 3.92. The van der Waals surface area contributed by atoms with Crippen LogP contribution in [0.1, 0.15) is 33.1 Å². The predicted octanol–water partition coefficient (Wildman–Crippen LogP) is 3.87. The van der Waals surface area contributed by atoms with Gasteiger partial charge >= 0.3 is 11.4 Å². The van der Waals surface area contributed by atoms with E-state index in [4.69, 9.17) is 24.7 Å². The number of benzene rings is 1. The molecule has 0 aliphatic carbocycles. The van der Waals surface area contributed by atoms with Gasteiger partial charge < -0.3 is 4.74 Å². The molecule has 0 aliphatic heterocycles. The average Bonchev–Trinajstić information content (AvgIpc) is 2.50. The average molecular weight is 335 g/mol. The number of para-hydroxylation sites is 1. The molecule has 0 saturated heterocycles. The zero-order valence-electron chi connectivity index (χ0n) is 12.5. The van der Waals surface area contributed by atoms with Crippen molar-refractivity contribution in [3.8, 4) is 5.75 Å². The van der Waals surface area contributed by atoms with Crippen LogP contribution in [-0.4, -0.2) is 28.9 Å². The zero-order chi connectivity index (χ0) is 15.6. The molecule has 0 radical (unpaired) electrons. The van der Waals surface area contributed by atoms with Crippen molar-refractivity contribution in [2.75, 3.05) is 19.1 Å². The molecular formula is C15H23ClO4S. The Hall–Kier alpha value is -0.620. The fourth-order valence-corrected chi connectivity index (χ4v) is 2.63. The molecule has 4 nitrogen and oxygen atoms in total. The highest BCUT2D eigenvalue weighted by Crippen LogP contribution is 2.23.